The molecule has 1 heterocycles. The molecule has 1 aliphatic heterocycles. The summed E-state index contributed by atoms with van der Waals surface area (Å²) in [6.07, 6.45) is 1.67. The average molecular weight is 437 g/mol. The molecule has 7 nitrogen and oxygen atoms in total. The fourth-order valence-corrected chi connectivity index (χ4v) is 3.55. The third-order valence-corrected chi connectivity index (χ3v) is 5.20. The molecule has 0 spiro atoms. The van der Waals surface area contributed by atoms with Gasteiger partial charge in [-0.15, -0.1) is 0 Å². The van der Waals surface area contributed by atoms with Crippen LogP contribution in [0.5, 0.6) is 17.2 Å². The Bertz CT molecular complexity index is 1070. The Morgan fingerprint density at radius 2 is 1.72 bits per heavy atom. The number of hydrogen-bond acceptors (Lipinski definition) is 6. The Kier molecular flexibility index (Phi) is 7.20. The van der Waals surface area contributed by atoms with Gasteiger partial charge in [-0.3, -0.25) is 4.79 Å². The second kappa shape index (κ2) is 10.0. The molecule has 7 heteroatoms. The second-order valence-electron chi connectivity index (χ2n) is 7.09. The molecule has 1 aliphatic rings. The molecule has 0 aliphatic carbocycles. The van der Waals surface area contributed by atoms with Gasteiger partial charge in [0, 0.05) is 5.70 Å². The highest BCUT2D eigenvalue weighted by atomic mass is 16.5. The molecule has 0 saturated carbocycles. The van der Waals surface area contributed by atoms with Crippen molar-refractivity contribution in [2.75, 3.05) is 27.9 Å². The van der Waals surface area contributed by atoms with Crippen molar-refractivity contribution >= 4 is 18.0 Å². The van der Waals surface area contributed by atoms with Crippen LogP contribution in [-0.4, -0.2) is 44.7 Å². The third-order valence-electron chi connectivity index (χ3n) is 5.20. The van der Waals surface area contributed by atoms with Gasteiger partial charge in [0.15, 0.2) is 11.5 Å². The Morgan fingerprint density at radius 3 is 2.31 bits per heavy atom. The summed E-state index contributed by atoms with van der Waals surface area (Å²) in [5.74, 6) is 1.05. The van der Waals surface area contributed by atoms with Crippen LogP contribution in [0.4, 0.5) is 0 Å². The van der Waals surface area contributed by atoms with E-state index in [1.165, 1.54) is 7.11 Å². The van der Waals surface area contributed by atoms with E-state index in [-0.39, 0.29) is 17.1 Å². The number of esters is 1. The van der Waals surface area contributed by atoms with Crippen LogP contribution in [0.15, 0.2) is 59.3 Å². The van der Waals surface area contributed by atoms with Gasteiger partial charge in [-0.25, -0.2) is 4.79 Å². The standard InChI is InChI=1S/C25H27NO6/c1-6-32-21-12-9-18(14-22(21)30-4)13-20-23(25(28)31-5)16(2)26(24(20)27)15-17-7-10-19(29-3)11-8-17/h7-14H,6,15H2,1-5H3/b20-13-. The van der Waals surface area contributed by atoms with Gasteiger partial charge in [-0.05, 0) is 55.3 Å². The van der Waals surface area contributed by atoms with Gasteiger partial charge < -0.3 is 23.8 Å². The Balaban J connectivity index is 1.99. The van der Waals surface area contributed by atoms with Crippen LogP contribution in [0.2, 0.25) is 0 Å². The summed E-state index contributed by atoms with van der Waals surface area (Å²) in [6.45, 7) is 4.45. The highest BCUT2D eigenvalue weighted by molar-refractivity contribution is 6.16. The van der Waals surface area contributed by atoms with E-state index in [4.69, 9.17) is 18.9 Å². The summed E-state index contributed by atoms with van der Waals surface area (Å²) < 4.78 is 21.1. The molecule has 2 aromatic carbocycles. The van der Waals surface area contributed by atoms with Crippen molar-refractivity contribution in [1.29, 1.82) is 0 Å². The highest BCUT2D eigenvalue weighted by Crippen LogP contribution is 2.35. The van der Waals surface area contributed by atoms with Crippen molar-refractivity contribution in [3.8, 4) is 17.2 Å². The predicted molar refractivity (Wildman–Crippen MR) is 120 cm³/mol. The first-order valence-electron chi connectivity index (χ1n) is 10.2. The normalized spacial score (nSPS) is 14.7. The number of hydrogen-bond donors (Lipinski definition) is 0. The SMILES string of the molecule is CCOc1ccc(/C=C2\C(=O)N(Cc3ccc(OC)cc3)C(C)=C2C(=O)OC)cc1OC. The molecular formula is C25H27NO6. The van der Waals surface area contributed by atoms with Crippen LogP contribution in [0.3, 0.4) is 0 Å². The van der Waals surface area contributed by atoms with Gasteiger partial charge in [0.2, 0.25) is 0 Å². The van der Waals surface area contributed by atoms with Crippen molar-refractivity contribution < 1.29 is 28.5 Å². The molecular weight excluding hydrogens is 410 g/mol. The number of amides is 1. The maximum atomic E-state index is 13.3. The molecule has 32 heavy (non-hydrogen) atoms. The summed E-state index contributed by atoms with van der Waals surface area (Å²) in [5.41, 5.74) is 2.68. The second-order valence-corrected chi connectivity index (χ2v) is 7.09. The quantitative estimate of drug-likeness (QED) is 0.460. The number of allylic oxidation sites excluding steroid dienone is 1. The average Bonchev–Trinajstić information content (AvgIpc) is 3.04. The first kappa shape index (κ1) is 22.9. The minimum Gasteiger partial charge on any atom is -0.497 e. The fraction of sp³-hybridized carbons (Fsp3) is 0.280. The maximum Gasteiger partial charge on any atom is 0.340 e. The van der Waals surface area contributed by atoms with Crippen molar-refractivity contribution in [2.24, 2.45) is 0 Å². The summed E-state index contributed by atoms with van der Waals surface area (Å²) in [7, 11) is 4.45. The summed E-state index contributed by atoms with van der Waals surface area (Å²) in [4.78, 5) is 27.5. The molecule has 0 saturated heterocycles. The van der Waals surface area contributed by atoms with Crippen LogP contribution in [0.1, 0.15) is 25.0 Å². The number of nitrogens with zero attached hydrogens (tertiary/aromatic N) is 1. The van der Waals surface area contributed by atoms with Crippen LogP contribution < -0.4 is 14.2 Å². The number of methoxy groups -OCH3 is 3. The lowest BCUT2D eigenvalue weighted by Crippen LogP contribution is -2.24. The molecule has 168 valence electrons. The van der Waals surface area contributed by atoms with E-state index < -0.39 is 5.97 Å². The van der Waals surface area contributed by atoms with Gasteiger partial charge in [0.25, 0.3) is 5.91 Å². The number of rotatable bonds is 8. The van der Waals surface area contributed by atoms with E-state index >= 15 is 0 Å². The van der Waals surface area contributed by atoms with E-state index in [1.807, 2.05) is 37.3 Å². The van der Waals surface area contributed by atoms with E-state index in [9.17, 15) is 9.59 Å². The lowest BCUT2D eigenvalue weighted by Gasteiger charge is -2.18. The molecule has 0 fully saturated rings. The van der Waals surface area contributed by atoms with Crippen molar-refractivity contribution in [3.63, 3.8) is 0 Å². The zero-order valence-electron chi connectivity index (χ0n) is 18.9. The maximum absolute atomic E-state index is 13.3. The van der Waals surface area contributed by atoms with Gasteiger partial charge >= 0.3 is 5.97 Å². The molecule has 0 radical (unpaired) electrons. The van der Waals surface area contributed by atoms with Gasteiger partial charge in [0.05, 0.1) is 45.6 Å². The van der Waals surface area contributed by atoms with Crippen molar-refractivity contribution in [1.82, 2.24) is 4.90 Å². The highest BCUT2D eigenvalue weighted by Gasteiger charge is 2.37. The molecule has 0 unspecified atom stereocenters. The van der Waals surface area contributed by atoms with Crippen LogP contribution in [0, 0.1) is 0 Å². The van der Waals surface area contributed by atoms with Gasteiger partial charge in [-0.1, -0.05) is 18.2 Å². The minimum atomic E-state index is -0.558. The van der Waals surface area contributed by atoms with Crippen LogP contribution >= 0.6 is 0 Å². The summed E-state index contributed by atoms with van der Waals surface area (Å²) in [5, 5.41) is 0. The topological polar surface area (TPSA) is 74.3 Å². The third kappa shape index (κ3) is 4.61. The summed E-state index contributed by atoms with van der Waals surface area (Å²) in [6, 6.07) is 12.8. The molecule has 2 aromatic rings. The molecule has 3 rings (SSSR count). The van der Waals surface area contributed by atoms with Gasteiger partial charge in [0.1, 0.15) is 5.75 Å². The van der Waals surface area contributed by atoms with Gasteiger partial charge in [-0.2, -0.15) is 0 Å². The Hall–Kier alpha value is -3.74. The molecule has 0 aromatic heterocycles. The monoisotopic (exact) mass is 437 g/mol. The van der Waals surface area contributed by atoms with Crippen molar-refractivity contribution in [2.45, 2.75) is 20.4 Å². The molecule has 0 bridgehead atoms. The van der Waals surface area contributed by atoms with Crippen molar-refractivity contribution in [3.05, 3.63) is 70.4 Å². The molecule has 0 atom stereocenters. The number of carbonyl (C=O) groups is 2. The Labute approximate surface area is 187 Å². The van der Waals surface area contributed by atoms with E-state index in [0.29, 0.717) is 35.9 Å². The predicted octanol–water partition coefficient (Wildman–Crippen LogP) is 3.98. The van der Waals surface area contributed by atoms with Crippen LogP contribution in [0.25, 0.3) is 6.08 Å². The number of benzene rings is 2. The smallest absolute Gasteiger partial charge is 0.340 e. The fourth-order valence-electron chi connectivity index (χ4n) is 3.55. The number of ether oxygens (including phenoxy) is 4. The molecule has 0 N–H and O–H groups in total. The van der Waals surface area contributed by atoms with E-state index in [2.05, 4.69) is 0 Å². The summed E-state index contributed by atoms with van der Waals surface area (Å²) >= 11 is 0. The largest absolute Gasteiger partial charge is 0.497 e. The molecule has 1 amide bonds. The van der Waals surface area contributed by atoms with E-state index in [1.54, 1.807) is 44.3 Å². The first-order valence-corrected chi connectivity index (χ1v) is 10.2. The zero-order valence-corrected chi connectivity index (χ0v) is 18.9. The van der Waals surface area contributed by atoms with E-state index in [0.717, 1.165) is 11.3 Å². The lowest BCUT2D eigenvalue weighted by molar-refractivity contribution is -0.136. The van der Waals surface area contributed by atoms with Crippen LogP contribution in [-0.2, 0) is 20.9 Å². The Morgan fingerprint density at radius 1 is 1.00 bits per heavy atom. The number of carbonyl (C=O) groups excluding carboxylic acids is 2. The first-order chi connectivity index (χ1) is 15.4. The minimum absolute atomic E-state index is 0.249. The lowest BCUT2D eigenvalue weighted by atomic mass is 10.0. The zero-order chi connectivity index (χ0) is 23.3.